The number of carboxylic acids is 1. The molecule has 0 aliphatic carbocycles. The van der Waals surface area contributed by atoms with Crippen LogP contribution in [0.25, 0.3) is 0 Å². The first-order valence-corrected chi connectivity index (χ1v) is 3.67. The van der Waals surface area contributed by atoms with Gasteiger partial charge in [0.25, 0.3) is 0 Å². The molecule has 0 spiro atoms. The molecule has 2 unspecified atom stereocenters. The Labute approximate surface area is 75.2 Å². The number of aliphatic imine (C=N–C) groups is 1. The van der Waals surface area contributed by atoms with Crippen molar-refractivity contribution in [2.45, 2.75) is 18.6 Å². The lowest BCUT2D eigenvalue weighted by molar-refractivity contribution is -0.141. The number of aliphatic carboxylic acids is 1. The van der Waals surface area contributed by atoms with Gasteiger partial charge in [-0.3, -0.25) is 9.79 Å². The Morgan fingerprint density at radius 3 is 2.38 bits per heavy atom. The molecule has 13 heavy (non-hydrogen) atoms. The zero-order chi connectivity index (χ0) is 10.4. The van der Waals surface area contributed by atoms with Crippen molar-refractivity contribution in [3.63, 3.8) is 0 Å². The van der Waals surface area contributed by atoms with E-state index >= 15 is 0 Å². The summed E-state index contributed by atoms with van der Waals surface area (Å²) in [7, 11) is 0. The summed E-state index contributed by atoms with van der Waals surface area (Å²) >= 11 is 0. The van der Waals surface area contributed by atoms with Gasteiger partial charge in [0.05, 0.1) is 6.10 Å². The molecule has 0 saturated carbocycles. The fraction of sp³-hybridized carbons (Fsp3) is 0.667. The molecule has 0 rings (SSSR count). The van der Waals surface area contributed by atoms with E-state index < -0.39 is 18.1 Å². The Balaban J connectivity index is 3.81. The molecule has 2 atom stereocenters. The molecule has 7 nitrogen and oxygen atoms in total. The van der Waals surface area contributed by atoms with Crippen molar-refractivity contribution in [3.05, 3.63) is 0 Å². The highest BCUT2D eigenvalue weighted by Gasteiger charge is 2.20. The highest BCUT2D eigenvalue weighted by molar-refractivity contribution is 5.75. The molecular weight excluding hydrogens is 176 g/mol. The van der Waals surface area contributed by atoms with Crippen LogP contribution in [0.15, 0.2) is 4.99 Å². The topological polar surface area (TPSA) is 148 Å². The van der Waals surface area contributed by atoms with Crippen LogP contribution in [0.2, 0.25) is 0 Å². The van der Waals surface area contributed by atoms with Crippen LogP contribution in [0.1, 0.15) is 6.42 Å². The van der Waals surface area contributed by atoms with Crippen molar-refractivity contribution in [1.29, 1.82) is 0 Å². The monoisotopic (exact) mass is 190 g/mol. The van der Waals surface area contributed by atoms with E-state index in [1.807, 2.05) is 0 Å². The van der Waals surface area contributed by atoms with Crippen LogP contribution in [0, 0.1) is 0 Å². The van der Waals surface area contributed by atoms with Crippen molar-refractivity contribution in [3.8, 4) is 0 Å². The second-order valence-corrected chi connectivity index (χ2v) is 2.53. The number of nitrogens with two attached hydrogens (primary N) is 3. The van der Waals surface area contributed by atoms with E-state index in [0.29, 0.717) is 0 Å². The third kappa shape index (κ3) is 4.99. The SMILES string of the molecule is NC(N)=NCCC(O)C(N)C(=O)O. The number of hydrogen-bond donors (Lipinski definition) is 5. The number of nitrogens with zero attached hydrogens (tertiary/aromatic N) is 1. The van der Waals surface area contributed by atoms with Crippen LogP contribution in [-0.4, -0.2) is 40.8 Å². The molecule has 7 heteroatoms. The molecule has 0 saturated heterocycles. The van der Waals surface area contributed by atoms with E-state index in [2.05, 4.69) is 4.99 Å². The van der Waals surface area contributed by atoms with Crippen molar-refractivity contribution < 1.29 is 15.0 Å². The average Bonchev–Trinajstić information content (AvgIpc) is 2.02. The summed E-state index contributed by atoms with van der Waals surface area (Å²) in [5, 5.41) is 17.5. The summed E-state index contributed by atoms with van der Waals surface area (Å²) in [6.07, 6.45) is -1.02. The molecule has 8 N–H and O–H groups in total. The number of carbonyl (C=O) groups is 1. The summed E-state index contributed by atoms with van der Waals surface area (Å²) in [5.74, 6) is -1.35. The highest BCUT2D eigenvalue weighted by atomic mass is 16.4. The van der Waals surface area contributed by atoms with E-state index in [4.69, 9.17) is 27.4 Å². The van der Waals surface area contributed by atoms with Gasteiger partial charge >= 0.3 is 5.97 Å². The minimum absolute atomic E-state index is 0.101. The van der Waals surface area contributed by atoms with Crippen LogP contribution in [-0.2, 0) is 4.79 Å². The molecule has 0 amide bonds. The van der Waals surface area contributed by atoms with Gasteiger partial charge in [-0.1, -0.05) is 0 Å². The molecule has 0 fully saturated rings. The second kappa shape index (κ2) is 5.33. The smallest absolute Gasteiger partial charge is 0.323 e. The van der Waals surface area contributed by atoms with Crippen molar-refractivity contribution in [2.24, 2.45) is 22.2 Å². The van der Waals surface area contributed by atoms with Gasteiger partial charge in [-0.25, -0.2) is 0 Å². The molecule has 0 heterocycles. The first-order chi connectivity index (χ1) is 5.95. The first-order valence-electron chi connectivity index (χ1n) is 3.67. The minimum atomic E-state index is -1.30. The van der Waals surface area contributed by atoms with Gasteiger partial charge in [-0.15, -0.1) is 0 Å². The van der Waals surface area contributed by atoms with Gasteiger partial charge < -0.3 is 27.4 Å². The van der Waals surface area contributed by atoms with Gasteiger partial charge in [0.2, 0.25) is 0 Å². The lowest BCUT2D eigenvalue weighted by Crippen LogP contribution is -2.42. The Hall–Kier alpha value is -1.34. The molecule has 0 aromatic heterocycles. The Morgan fingerprint density at radius 2 is 2.00 bits per heavy atom. The fourth-order valence-corrected chi connectivity index (χ4v) is 0.670. The molecular formula is C6H14N4O3. The highest BCUT2D eigenvalue weighted by Crippen LogP contribution is 1.97. The van der Waals surface area contributed by atoms with Crippen molar-refractivity contribution in [1.82, 2.24) is 0 Å². The van der Waals surface area contributed by atoms with Crippen LogP contribution >= 0.6 is 0 Å². The fourth-order valence-electron chi connectivity index (χ4n) is 0.670. The average molecular weight is 190 g/mol. The predicted molar refractivity (Wildman–Crippen MR) is 46.9 cm³/mol. The predicted octanol–water partition coefficient (Wildman–Crippen LogP) is -2.58. The number of rotatable bonds is 5. The maximum Gasteiger partial charge on any atom is 0.323 e. The molecule has 0 aromatic carbocycles. The number of aliphatic hydroxyl groups excluding tert-OH is 1. The number of hydrogen-bond acceptors (Lipinski definition) is 4. The summed E-state index contributed by atoms with van der Waals surface area (Å²) in [4.78, 5) is 13.8. The van der Waals surface area contributed by atoms with Gasteiger partial charge in [-0.2, -0.15) is 0 Å². The summed E-state index contributed by atoms with van der Waals surface area (Å²) in [5.41, 5.74) is 15.1. The van der Waals surface area contributed by atoms with Gasteiger partial charge in [0.1, 0.15) is 6.04 Å². The Bertz CT molecular complexity index is 202. The number of aliphatic hydroxyl groups is 1. The third-order valence-corrected chi connectivity index (χ3v) is 1.42. The van der Waals surface area contributed by atoms with Crippen LogP contribution in [0.4, 0.5) is 0 Å². The molecule has 76 valence electrons. The van der Waals surface area contributed by atoms with E-state index in [-0.39, 0.29) is 18.9 Å². The van der Waals surface area contributed by atoms with Gasteiger partial charge in [0, 0.05) is 6.54 Å². The van der Waals surface area contributed by atoms with E-state index in [0.717, 1.165) is 0 Å². The van der Waals surface area contributed by atoms with E-state index in [9.17, 15) is 4.79 Å². The number of carboxylic acid groups (broad SMARTS) is 1. The Kier molecular flexibility index (Phi) is 4.78. The lowest BCUT2D eigenvalue weighted by Gasteiger charge is -2.12. The molecule has 0 radical (unpaired) electrons. The lowest BCUT2D eigenvalue weighted by atomic mass is 10.1. The standard InChI is InChI=1S/C6H14N4O3/c7-4(5(12)13)3(11)1-2-10-6(8)9/h3-4,11H,1-2,7H2,(H,12,13)(H4,8,9,10). The summed E-state index contributed by atoms with van der Waals surface area (Å²) in [6, 6.07) is -1.30. The van der Waals surface area contributed by atoms with Crippen LogP contribution in [0.5, 0.6) is 0 Å². The Morgan fingerprint density at radius 1 is 1.46 bits per heavy atom. The zero-order valence-electron chi connectivity index (χ0n) is 7.05. The van der Waals surface area contributed by atoms with Crippen LogP contribution in [0.3, 0.4) is 0 Å². The molecule has 0 aliphatic rings. The number of guanidine groups is 1. The molecule has 0 aromatic rings. The van der Waals surface area contributed by atoms with Gasteiger partial charge in [0.15, 0.2) is 5.96 Å². The quantitative estimate of drug-likeness (QED) is 0.237. The molecule has 0 aliphatic heterocycles. The summed E-state index contributed by atoms with van der Waals surface area (Å²) in [6.45, 7) is 0.157. The first kappa shape index (κ1) is 11.7. The second-order valence-electron chi connectivity index (χ2n) is 2.53. The van der Waals surface area contributed by atoms with Gasteiger partial charge in [-0.05, 0) is 6.42 Å². The third-order valence-electron chi connectivity index (χ3n) is 1.42. The zero-order valence-corrected chi connectivity index (χ0v) is 7.05. The largest absolute Gasteiger partial charge is 0.480 e. The normalized spacial score (nSPS) is 14.6. The maximum absolute atomic E-state index is 10.3. The van der Waals surface area contributed by atoms with Crippen molar-refractivity contribution in [2.75, 3.05) is 6.54 Å². The van der Waals surface area contributed by atoms with Crippen LogP contribution < -0.4 is 17.2 Å². The van der Waals surface area contributed by atoms with E-state index in [1.165, 1.54) is 0 Å². The van der Waals surface area contributed by atoms with Crippen molar-refractivity contribution >= 4 is 11.9 Å². The maximum atomic E-state index is 10.3. The summed E-state index contributed by atoms with van der Waals surface area (Å²) < 4.78 is 0. The minimum Gasteiger partial charge on any atom is -0.480 e. The molecule has 0 bridgehead atoms. The van der Waals surface area contributed by atoms with E-state index in [1.54, 1.807) is 0 Å².